The summed E-state index contributed by atoms with van der Waals surface area (Å²) in [6.45, 7) is 5.91. The van der Waals surface area contributed by atoms with Gasteiger partial charge in [-0.3, -0.25) is 14.7 Å². The van der Waals surface area contributed by atoms with E-state index in [-0.39, 0.29) is 41.6 Å². The summed E-state index contributed by atoms with van der Waals surface area (Å²) in [5.41, 5.74) is 2.55. The third-order valence-electron chi connectivity index (χ3n) is 5.21. The van der Waals surface area contributed by atoms with Crippen LogP contribution in [0.2, 0.25) is 0 Å². The number of benzene rings is 1. The predicted molar refractivity (Wildman–Crippen MR) is 111 cm³/mol. The molecule has 30 heavy (non-hydrogen) atoms. The number of carbonyl (C=O) groups is 2. The maximum Gasteiger partial charge on any atom is 0.408 e. The fraction of sp³-hybridized carbons (Fsp3) is 0.381. The number of pyridine rings is 1. The Hall–Kier alpha value is -2.94. The molecule has 1 atom stereocenters. The van der Waals surface area contributed by atoms with E-state index in [1.807, 2.05) is 13.8 Å². The number of nitrogens with one attached hydrogen (secondary N) is 1. The molecule has 0 fully saturated rings. The minimum atomic E-state index is -3.26. The number of fused-ring (bicyclic) bond motifs is 1. The van der Waals surface area contributed by atoms with E-state index in [0.29, 0.717) is 11.3 Å². The molecule has 0 spiro atoms. The van der Waals surface area contributed by atoms with Crippen LogP contribution in [0.5, 0.6) is 0 Å². The highest BCUT2D eigenvalue weighted by molar-refractivity contribution is 7.91. The van der Waals surface area contributed by atoms with Crippen molar-refractivity contribution in [2.24, 2.45) is 5.92 Å². The second-order valence-corrected chi connectivity index (χ2v) is 9.88. The summed E-state index contributed by atoms with van der Waals surface area (Å²) >= 11 is 0. The van der Waals surface area contributed by atoms with E-state index in [4.69, 9.17) is 0 Å². The Balaban J connectivity index is 1.70. The molecule has 1 aromatic carbocycles. The zero-order valence-corrected chi connectivity index (χ0v) is 17.9. The van der Waals surface area contributed by atoms with Crippen LogP contribution in [0.1, 0.15) is 54.0 Å². The molecule has 1 aliphatic heterocycles. The summed E-state index contributed by atoms with van der Waals surface area (Å²) in [6, 6.07) is 7.76. The van der Waals surface area contributed by atoms with Crippen LogP contribution in [0.4, 0.5) is 4.79 Å². The molecule has 0 unspecified atom stereocenters. The molecule has 0 aliphatic carbocycles. The summed E-state index contributed by atoms with van der Waals surface area (Å²) in [5, 5.41) is 12.2. The maximum atomic E-state index is 12.5. The second-order valence-electron chi connectivity index (χ2n) is 7.60. The highest BCUT2D eigenvalue weighted by atomic mass is 32.2. The molecule has 0 bridgehead atoms. The minimum Gasteiger partial charge on any atom is -0.465 e. The quantitative estimate of drug-likeness (QED) is 0.726. The fourth-order valence-electron chi connectivity index (χ4n) is 3.60. The van der Waals surface area contributed by atoms with Gasteiger partial charge in [0.2, 0.25) is 0 Å². The molecule has 0 saturated carbocycles. The molecule has 8 nitrogen and oxygen atoms in total. The lowest BCUT2D eigenvalue weighted by Crippen LogP contribution is -2.30. The molecular formula is C21H25N3O5S. The number of rotatable bonds is 6. The van der Waals surface area contributed by atoms with E-state index in [1.54, 1.807) is 25.1 Å². The van der Waals surface area contributed by atoms with Crippen molar-refractivity contribution < 1.29 is 23.1 Å². The van der Waals surface area contributed by atoms with Gasteiger partial charge in [-0.05, 0) is 35.2 Å². The monoisotopic (exact) mass is 431 g/mol. The lowest BCUT2D eigenvalue weighted by Gasteiger charge is -2.24. The molecule has 1 aromatic heterocycles. The lowest BCUT2D eigenvalue weighted by molar-refractivity contribution is 0.0950. The topological polar surface area (TPSA) is 117 Å². The molecule has 1 aliphatic rings. The van der Waals surface area contributed by atoms with Crippen molar-refractivity contribution >= 4 is 21.8 Å². The van der Waals surface area contributed by atoms with Crippen molar-refractivity contribution in [2.75, 3.05) is 5.75 Å². The Kier molecular flexibility index (Phi) is 6.12. The van der Waals surface area contributed by atoms with Gasteiger partial charge in [0.25, 0.3) is 5.91 Å². The van der Waals surface area contributed by atoms with Crippen LogP contribution in [0, 0.1) is 5.92 Å². The van der Waals surface area contributed by atoms with Crippen molar-refractivity contribution in [1.29, 1.82) is 0 Å². The SMILES string of the molecule is CCS(=O)(=O)c1ccc(CNC(=O)c2cnc3c(c2)CN(C(=O)O)[C@H]3C(C)C)cc1. The van der Waals surface area contributed by atoms with Gasteiger partial charge < -0.3 is 10.4 Å². The summed E-state index contributed by atoms with van der Waals surface area (Å²) in [4.78, 5) is 30.1. The van der Waals surface area contributed by atoms with Gasteiger partial charge in [-0.1, -0.05) is 32.9 Å². The van der Waals surface area contributed by atoms with E-state index in [2.05, 4.69) is 10.3 Å². The Morgan fingerprint density at radius 1 is 1.27 bits per heavy atom. The van der Waals surface area contributed by atoms with Gasteiger partial charge >= 0.3 is 6.09 Å². The number of amides is 2. The number of hydrogen-bond donors (Lipinski definition) is 2. The molecule has 0 radical (unpaired) electrons. The van der Waals surface area contributed by atoms with E-state index in [0.717, 1.165) is 11.1 Å². The molecule has 160 valence electrons. The number of hydrogen-bond acceptors (Lipinski definition) is 5. The molecule has 2 aromatic rings. The Bertz CT molecular complexity index is 1060. The fourth-order valence-corrected chi connectivity index (χ4v) is 4.48. The molecular weight excluding hydrogens is 406 g/mol. The van der Waals surface area contributed by atoms with Crippen molar-refractivity contribution in [3.05, 3.63) is 58.9 Å². The van der Waals surface area contributed by atoms with Crippen LogP contribution in [-0.4, -0.2) is 41.2 Å². The van der Waals surface area contributed by atoms with Gasteiger partial charge in [-0.2, -0.15) is 0 Å². The third-order valence-corrected chi connectivity index (χ3v) is 6.96. The van der Waals surface area contributed by atoms with Gasteiger partial charge in [0, 0.05) is 12.7 Å². The standard InChI is InChI=1S/C21H25N3O5S/c1-4-30(28,29)17-7-5-14(6-8-17)10-23-20(25)15-9-16-12-24(21(26)27)19(13(2)3)18(16)22-11-15/h5-9,11,13,19H,4,10,12H2,1-3H3,(H,23,25)(H,26,27)/t19-/m0/s1. The van der Waals surface area contributed by atoms with Crippen LogP contribution in [0.15, 0.2) is 41.4 Å². The first kappa shape index (κ1) is 21.8. The Morgan fingerprint density at radius 3 is 2.50 bits per heavy atom. The molecule has 3 rings (SSSR count). The van der Waals surface area contributed by atoms with Crippen molar-refractivity contribution in [3.63, 3.8) is 0 Å². The molecule has 9 heteroatoms. The van der Waals surface area contributed by atoms with Crippen molar-refractivity contribution in [1.82, 2.24) is 15.2 Å². The van der Waals surface area contributed by atoms with E-state index in [1.165, 1.54) is 23.2 Å². The molecule has 2 amide bonds. The minimum absolute atomic E-state index is 0.0331. The normalized spacial score (nSPS) is 15.9. The molecule has 2 heterocycles. The summed E-state index contributed by atoms with van der Waals surface area (Å²) in [5.74, 6) is -0.231. The summed E-state index contributed by atoms with van der Waals surface area (Å²) in [6.07, 6.45) is 0.456. The van der Waals surface area contributed by atoms with Crippen LogP contribution in [0.3, 0.4) is 0 Å². The lowest BCUT2D eigenvalue weighted by atomic mass is 9.99. The smallest absolute Gasteiger partial charge is 0.408 e. The van der Waals surface area contributed by atoms with Gasteiger partial charge in [0.1, 0.15) is 0 Å². The van der Waals surface area contributed by atoms with Crippen LogP contribution in [-0.2, 0) is 22.9 Å². The van der Waals surface area contributed by atoms with Gasteiger partial charge in [0.05, 0.1) is 34.5 Å². The Morgan fingerprint density at radius 2 is 1.93 bits per heavy atom. The second kappa shape index (κ2) is 8.43. The van der Waals surface area contributed by atoms with E-state index in [9.17, 15) is 23.1 Å². The van der Waals surface area contributed by atoms with E-state index >= 15 is 0 Å². The number of nitrogens with zero attached hydrogens (tertiary/aromatic N) is 2. The van der Waals surface area contributed by atoms with Crippen LogP contribution >= 0.6 is 0 Å². The largest absolute Gasteiger partial charge is 0.465 e. The summed E-state index contributed by atoms with van der Waals surface area (Å²) in [7, 11) is -3.26. The highest BCUT2D eigenvalue weighted by Gasteiger charge is 2.37. The first-order valence-electron chi connectivity index (χ1n) is 9.72. The Labute approximate surface area is 175 Å². The van der Waals surface area contributed by atoms with Crippen LogP contribution < -0.4 is 5.32 Å². The average Bonchev–Trinajstić information content (AvgIpc) is 3.11. The number of carboxylic acid groups (broad SMARTS) is 1. The summed E-state index contributed by atoms with van der Waals surface area (Å²) < 4.78 is 23.7. The van der Waals surface area contributed by atoms with Crippen molar-refractivity contribution in [2.45, 2.75) is 44.8 Å². The number of sulfone groups is 1. The number of aromatic nitrogens is 1. The highest BCUT2D eigenvalue weighted by Crippen LogP contribution is 2.37. The van der Waals surface area contributed by atoms with Crippen LogP contribution in [0.25, 0.3) is 0 Å². The van der Waals surface area contributed by atoms with E-state index < -0.39 is 15.9 Å². The molecule has 0 saturated heterocycles. The van der Waals surface area contributed by atoms with Gasteiger partial charge in [-0.25, -0.2) is 13.2 Å². The molecule has 2 N–H and O–H groups in total. The first-order chi connectivity index (χ1) is 14.1. The zero-order chi connectivity index (χ0) is 22.1. The predicted octanol–water partition coefficient (Wildman–Crippen LogP) is 3.00. The number of carbonyl (C=O) groups excluding carboxylic acids is 1. The van der Waals surface area contributed by atoms with Gasteiger partial charge in [-0.15, -0.1) is 0 Å². The first-order valence-corrected chi connectivity index (χ1v) is 11.4. The van der Waals surface area contributed by atoms with Crippen molar-refractivity contribution in [3.8, 4) is 0 Å². The van der Waals surface area contributed by atoms with Gasteiger partial charge in [0.15, 0.2) is 9.84 Å². The maximum absolute atomic E-state index is 12.5. The average molecular weight is 432 g/mol. The third kappa shape index (κ3) is 4.30. The zero-order valence-electron chi connectivity index (χ0n) is 17.1.